The third kappa shape index (κ3) is 5.16. The van der Waals surface area contributed by atoms with Gasteiger partial charge in [-0.1, -0.05) is 43.6 Å². The fraction of sp³-hybridized carbons (Fsp3) is 0.650. The van der Waals surface area contributed by atoms with Gasteiger partial charge >= 0.3 is 18.6 Å². The number of amidine groups is 2. The molecule has 2 amide bonds. The molecule has 1 saturated carbocycles. The zero-order valence-corrected chi connectivity index (χ0v) is 17.4. The van der Waals surface area contributed by atoms with Crippen molar-refractivity contribution in [3.63, 3.8) is 0 Å². The molecule has 0 bridgehead atoms. The van der Waals surface area contributed by atoms with Crippen molar-refractivity contribution in [2.24, 2.45) is 15.9 Å². The second-order valence-corrected chi connectivity index (χ2v) is 7.89. The van der Waals surface area contributed by atoms with E-state index in [4.69, 9.17) is 4.74 Å². The van der Waals surface area contributed by atoms with E-state index >= 15 is 0 Å². The monoisotopic (exact) mass is 466 g/mol. The average molecular weight is 466 g/mol. The van der Waals surface area contributed by atoms with E-state index in [1.54, 1.807) is 24.3 Å². The number of ether oxygens (including phenoxy) is 1. The highest BCUT2D eigenvalue weighted by Gasteiger charge is 2.55. The van der Waals surface area contributed by atoms with Crippen LogP contribution in [0.4, 0.5) is 31.1 Å². The molecule has 32 heavy (non-hydrogen) atoms. The van der Waals surface area contributed by atoms with Crippen molar-refractivity contribution in [2.45, 2.75) is 56.7 Å². The summed E-state index contributed by atoms with van der Waals surface area (Å²) < 4.78 is 84.7. The summed E-state index contributed by atoms with van der Waals surface area (Å²) in [4.78, 5) is 19.9. The van der Waals surface area contributed by atoms with Crippen LogP contribution in [0.2, 0.25) is 0 Å². The summed E-state index contributed by atoms with van der Waals surface area (Å²) in [5.74, 6) is -2.55. The molecule has 0 aromatic heterocycles. The van der Waals surface area contributed by atoms with Crippen molar-refractivity contribution in [2.75, 3.05) is 20.3 Å². The lowest BCUT2D eigenvalue weighted by atomic mass is 9.70. The van der Waals surface area contributed by atoms with Crippen LogP contribution < -0.4 is 0 Å². The average Bonchev–Trinajstić information content (AvgIpc) is 2.95. The summed E-state index contributed by atoms with van der Waals surface area (Å²) in [7, 11) is 1.27. The number of urea groups is 1. The molecule has 0 N–H and O–H groups in total. The molecule has 0 aromatic rings. The number of hydrogen-bond donors (Lipinski definition) is 0. The Morgan fingerprint density at radius 1 is 1.03 bits per heavy atom. The van der Waals surface area contributed by atoms with Crippen LogP contribution in [0, 0.1) is 5.92 Å². The molecular weight excluding hydrogens is 442 g/mol. The van der Waals surface area contributed by atoms with Crippen molar-refractivity contribution < 1.29 is 35.9 Å². The summed E-state index contributed by atoms with van der Waals surface area (Å²) >= 11 is 0. The largest absolute Gasteiger partial charge is 0.505 e. The maximum atomic E-state index is 13.4. The normalized spacial score (nSPS) is 27.9. The van der Waals surface area contributed by atoms with Crippen LogP contribution in [-0.4, -0.2) is 65.9 Å². The van der Waals surface area contributed by atoms with Crippen molar-refractivity contribution in [3.8, 4) is 0 Å². The van der Waals surface area contributed by atoms with E-state index in [0.29, 0.717) is 17.7 Å². The van der Waals surface area contributed by atoms with Crippen LogP contribution in [0.5, 0.6) is 0 Å². The molecule has 2 aliphatic carbocycles. The van der Waals surface area contributed by atoms with Gasteiger partial charge in [-0.3, -0.25) is 9.80 Å². The van der Waals surface area contributed by atoms with Crippen LogP contribution >= 0.6 is 0 Å². The molecular formula is C20H24F6N4O2. The van der Waals surface area contributed by atoms with Gasteiger partial charge in [-0.2, -0.15) is 9.98 Å². The van der Waals surface area contributed by atoms with Crippen LogP contribution in [0.1, 0.15) is 38.5 Å². The Morgan fingerprint density at radius 2 is 1.66 bits per heavy atom. The third-order valence-electron chi connectivity index (χ3n) is 5.88. The number of amides is 2. The maximum absolute atomic E-state index is 13.4. The Morgan fingerprint density at radius 3 is 2.19 bits per heavy atom. The fourth-order valence-corrected chi connectivity index (χ4v) is 4.61. The molecule has 3 rings (SSSR count). The van der Waals surface area contributed by atoms with Gasteiger partial charge in [0.15, 0.2) is 11.7 Å². The number of methoxy groups -OCH3 is 1. The number of halogens is 6. The van der Waals surface area contributed by atoms with Crippen LogP contribution in [0.3, 0.4) is 0 Å². The van der Waals surface area contributed by atoms with Gasteiger partial charge in [0.05, 0.1) is 18.7 Å². The van der Waals surface area contributed by atoms with Crippen molar-refractivity contribution in [3.05, 3.63) is 24.3 Å². The Hall–Kier alpha value is -2.37. The highest BCUT2D eigenvalue weighted by molar-refractivity contribution is 6.49. The molecule has 1 aliphatic heterocycles. The molecule has 0 spiro atoms. The Bertz CT molecular complexity index is 827. The lowest BCUT2D eigenvalue weighted by Gasteiger charge is -2.46. The Labute approximate surface area is 181 Å². The molecule has 178 valence electrons. The zero-order valence-electron chi connectivity index (χ0n) is 17.4. The second kappa shape index (κ2) is 9.24. The van der Waals surface area contributed by atoms with Crippen LogP contribution in [0.25, 0.3) is 0 Å². The summed E-state index contributed by atoms with van der Waals surface area (Å²) in [5.41, 5.74) is -1.27. The number of aliphatic imine (C=N–C) groups is 2. The molecule has 1 unspecified atom stereocenters. The van der Waals surface area contributed by atoms with E-state index in [1.165, 1.54) is 7.11 Å². The number of carbonyl (C=O) groups is 1. The molecule has 1 atom stereocenters. The quantitative estimate of drug-likeness (QED) is 0.421. The zero-order chi connectivity index (χ0) is 23.6. The van der Waals surface area contributed by atoms with E-state index in [2.05, 4.69) is 9.98 Å². The number of allylic oxidation sites excluding steroid dienone is 2. The predicted octanol–water partition coefficient (Wildman–Crippen LogP) is 5.04. The van der Waals surface area contributed by atoms with Gasteiger partial charge in [-0.25, -0.2) is 4.79 Å². The fourth-order valence-electron chi connectivity index (χ4n) is 4.61. The molecule has 0 aromatic carbocycles. The lowest BCUT2D eigenvalue weighted by molar-refractivity contribution is -0.122. The number of hydrogen-bond acceptors (Lipinski definition) is 4. The molecule has 0 radical (unpaired) electrons. The lowest BCUT2D eigenvalue weighted by Crippen LogP contribution is -2.57. The molecule has 1 saturated heterocycles. The van der Waals surface area contributed by atoms with E-state index in [9.17, 15) is 31.1 Å². The molecule has 3 aliphatic rings. The minimum atomic E-state index is -5.21. The van der Waals surface area contributed by atoms with Gasteiger partial charge in [-0.15, -0.1) is 26.3 Å². The summed E-state index contributed by atoms with van der Waals surface area (Å²) in [6.45, 7) is -0.597. The summed E-state index contributed by atoms with van der Waals surface area (Å²) in [6.07, 6.45) is 0.189. The van der Waals surface area contributed by atoms with Crippen molar-refractivity contribution in [1.82, 2.24) is 9.80 Å². The van der Waals surface area contributed by atoms with E-state index in [-0.39, 0.29) is 18.9 Å². The highest BCUT2D eigenvalue weighted by atomic mass is 19.4. The standard InChI is InChI=1S/C20H24F6N4O2/c1-32-13-12-29-15(27-19(21,22)23)16(28-20(24,25)26)30(17(29)31)18(10-6-3-7-11-18)14-8-4-2-5-9-14/h3,6-7,10,14H,2,4-5,8-9,11-13H2,1H3. The van der Waals surface area contributed by atoms with Gasteiger partial charge in [0, 0.05) is 7.11 Å². The maximum Gasteiger partial charge on any atom is 0.505 e. The van der Waals surface area contributed by atoms with E-state index in [0.717, 1.165) is 24.2 Å². The minimum absolute atomic E-state index is 0.161. The Kier molecular flexibility index (Phi) is 7.01. The van der Waals surface area contributed by atoms with Gasteiger partial charge in [0.2, 0.25) is 0 Å². The van der Waals surface area contributed by atoms with Gasteiger partial charge < -0.3 is 4.74 Å². The predicted molar refractivity (Wildman–Crippen MR) is 105 cm³/mol. The number of carbonyl (C=O) groups excluding carboxylic acids is 1. The number of rotatable bonds is 5. The molecule has 12 heteroatoms. The first kappa shape index (κ1) is 24.3. The summed E-state index contributed by atoms with van der Waals surface area (Å²) in [5, 5.41) is 0. The van der Waals surface area contributed by atoms with E-state index in [1.807, 2.05) is 0 Å². The second-order valence-electron chi connectivity index (χ2n) is 7.89. The van der Waals surface area contributed by atoms with Gasteiger partial charge in [0.25, 0.3) is 0 Å². The summed E-state index contributed by atoms with van der Waals surface area (Å²) in [6, 6.07) is -1.03. The first-order valence-electron chi connectivity index (χ1n) is 10.3. The minimum Gasteiger partial charge on any atom is -0.383 e. The number of alkyl halides is 6. The number of nitrogens with zero attached hydrogens (tertiary/aromatic N) is 4. The molecule has 2 fully saturated rings. The first-order chi connectivity index (χ1) is 15.0. The Balaban J connectivity index is 2.21. The smallest absolute Gasteiger partial charge is 0.383 e. The van der Waals surface area contributed by atoms with Crippen molar-refractivity contribution >= 4 is 17.7 Å². The third-order valence-corrected chi connectivity index (χ3v) is 5.88. The highest BCUT2D eigenvalue weighted by Crippen LogP contribution is 2.44. The van der Waals surface area contributed by atoms with Gasteiger partial charge in [0.1, 0.15) is 0 Å². The van der Waals surface area contributed by atoms with Crippen LogP contribution in [-0.2, 0) is 4.74 Å². The van der Waals surface area contributed by atoms with E-state index < -0.39 is 42.4 Å². The van der Waals surface area contributed by atoms with Crippen molar-refractivity contribution in [1.29, 1.82) is 0 Å². The molecule has 6 nitrogen and oxygen atoms in total. The van der Waals surface area contributed by atoms with Gasteiger partial charge in [-0.05, 0) is 25.2 Å². The SMILES string of the molecule is COCCN1C(=O)N(C2(C3CCCCC3)C=CC=CC2)C(=NC(F)(F)F)C1=NC(F)(F)F. The first-order valence-corrected chi connectivity index (χ1v) is 10.3. The van der Waals surface area contributed by atoms with Crippen LogP contribution in [0.15, 0.2) is 34.3 Å². The topological polar surface area (TPSA) is 57.5 Å². The molecule has 1 heterocycles.